The van der Waals surface area contributed by atoms with Gasteiger partial charge in [-0.25, -0.2) is 0 Å². The summed E-state index contributed by atoms with van der Waals surface area (Å²) in [6, 6.07) is -0.669. The highest BCUT2D eigenvalue weighted by Crippen LogP contribution is 2.66. The van der Waals surface area contributed by atoms with Crippen LogP contribution in [0.4, 0.5) is 0 Å². The Labute approximate surface area is 176 Å². The minimum Gasteiger partial charge on any atom is -0.481 e. The van der Waals surface area contributed by atoms with Crippen LogP contribution in [0.1, 0.15) is 46.0 Å². The number of nitrogens with zero attached hydrogens (tertiary/aromatic N) is 2. The maximum absolute atomic E-state index is 13.7. The van der Waals surface area contributed by atoms with Gasteiger partial charge in [0.15, 0.2) is 0 Å². The van der Waals surface area contributed by atoms with Crippen molar-refractivity contribution in [1.29, 1.82) is 0 Å². The first kappa shape index (κ1) is 22.2. The molecule has 2 amide bonds. The van der Waals surface area contributed by atoms with Gasteiger partial charge in [-0.05, 0) is 46.0 Å². The molecule has 1 spiro atoms. The van der Waals surface area contributed by atoms with E-state index in [-0.39, 0.29) is 29.7 Å². The number of carboxylic acids is 1. The van der Waals surface area contributed by atoms with E-state index >= 15 is 0 Å². The third-order valence-corrected chi connectivity index (χ3v) is 8.56. The predicted molar refractivity (Wildman–Crippen MR) is 111 cm³/mol. The number of aliphatic carboxylic acids is 1. The van der Waals surface area contributed by atoms with Gasteiger partial charge in [0.25, 0.3) is 0 Å². The Kier molecular flexibility index (Phi) is 6.63. The van der Waals surface area contributed by atoms with Crippen molar-refractivity contribution in [3.63, 3.8) is 0 Å². The summed E-state index contributed by atoms with van der Waals surface area (Å²) in [4.78, 5) is 42.5. The second-order valence-corrected chi connectivity index (χ2v) is 10.2. The van der Waals surface area contributed by atoms with Gasteiger partial charge in [0.05, 0.1) is 16.6 Å². The number of hydrogen-bond acceptors (Lipinski definition) is 5. The summed E-state index contributed by atoms with van der Waals surface area (Å²) in [6.07, 6.45) is 5.22. The maximum atomic E-state index is 13.7. The van der Waals surface area contributed by atoms with E-state index in [4.69, 9.17) is 5.11 Å². The number of fused-ring (bicyclic) bond motifs is 1. The van der Waals surface area contributed by atoms with E-state index in [0.29, 0.717) is 32.4 Å². The summed E-state index contributed by atoms with van der Waals surface area (Å²) >= 11 is 1.56. The molecule has 3 heterocycles. The molecule has 2 bridgehead atoms. The first-order valence-electron chi connectivity index (χ1n) is 10.5. The topological polar surface area (TPSA) is 98.2 Å². The fraction of sp³-hybridized carbons (Fsp3) is 0.762. The van der Waals surface area contributed by atoms with Gasteiger partial charge in [-0.2, -0.15) is 0 Å². The average Bonchev–Trinajstić information content (AvgIpc) is 3.30. The SMILES string of the molecule is C=CCN(C(=O)C1N(CCCCCO)C(=O)[C@@H]2[C@@H](C(=O)O)[C@H]3CCC12S3)C(C)C. The van der Waals surface area contributed by atoms with Crippen LogP contribution in [-0.4, -0.2) is 79.6 Å². The molecule has 0 aromatic rings. The largest absolute Gasteiger partial charge is 0.481 e. The number of amides is 2. The van der Waals surface area contributed by atoms with Gasteiger partial charge in [0.2, 0.25) is 11.8 Å². The number of rotatable bonds is 10. The summed E-state index contributed by atoms with van der Waals surface area (Å²) in [7, 11) is 0. The molecule has 2 N–H and O–H groups in total. The quantitative estimate of drug-likeness (QED) is 0.410. The van der Waals surface area contributed by atoms with Crippen LogP contribution >= 0.6 is 11.8 Å². The molecule has 7 nitrogen and oxygen atoms in total. The summed E-state index contributed by atoms with van der Waals surface area (Å²) in [5, 5.41) is 18.8. The molecule has 8 heteroatoms. The molecular weight excluding hydrogens is 392 g/mol. The molecule has 3 fully saturated rings. The van der Waals surface area contributed by atoms with E-state index in [2.05, 4.69) is 6.58 Å². The van der Waals surface area contributed by atoms with Crippen LogP contribution < -0.4 is 0 Å². The Morgan fingerprint density at radius 2 is 2.10 bits per heavy atom. The summed E-state index contributed by atoms with van der Waals surface area (Å²) in [5.74, 6) is -2.56. The second kappa shape index (κ2) is 8.68. The van der Waals surface area contributed by atoms with Gasteiger partial charge >= 0.3 is 5.97 Å². The third-order valence-electron chi connectivity index (χ3n) is 6.61. The lowest BCUT2D eigenvalue weighted by Crippen LogP contribution is -2.56. The summed E-state index contributed by atoms with van der Waals surface area (Å²) in [5.41, 5.74) is 0. The van der Waals surface area contributed by atoms with Crippen LogP contribution in [0.2, 0.25) is 0 Å². The zero-order valence-electron chi connectivity index (χ0n) is 17.2. The number of carbonyl (C=O) groups is 3. The highest BCUT2D eigenvalue weighted by atomic mass is 32.2. The predicted octanol–water partition coefficient (Wildman–Crippen LogP) is 1.75. The molecule has 3 aliphatic heterocycles. The zero-order valence-corrected chi connectivity index (χ0v) is 18.1. The van der Waals surface area contributed by atoms with Crippen molar-refractivity contribution < 1.29 is 24.6 Å². The number of thioether (sulfide) groups is 1. The van der Waals surface area contributed by atoms with E-state index in [1.165, 1.54) is 0 Å². The molecule has 162 valence electrons. The highest BCUT2D eigenvalue weighted by Gasteiger charge is 2.73. The fourth-order valence-corrected chi connectivity index (χ4v) is 7.58. The molecule has 0 radical (unpaired) electrons. The van der Waals surface area contributed by atoms with E-state index in [9.17, 15) is 19.5 Å². The van der Waals surface area contributed by atoms with Crippen molar-refractivity contribution in [2.24, 2.45) is 11.8 Å². The molecule has 0 aromatic heterocycles. The first-order chi connectivity index (χ1) is 13.8. The third kappa shape index (κ3) is 3.58. The van der Waals surface area contributed by atoms with Crippen LogP contribution in [0.5, 0.6) is 0 Å². The Bertz CT molecular complexity index is 684. The van der Waals surface area contributed by atoms with E-state index in [1.54, 1.807) is 27.6 Å². The molecule has 3 saturated heterocycles. The number of carbonyl (C=O) groups excluding carboxylic acids is 2. The van der Waals surface area contributed by atoms with Crippen LogP contribution in [0, 0.1) is 11.8 Å². The van der Waals surface area contributed by atoms with E-state index in [1.807, 2.05) is 13.8 Å². The Morgan fingerprint density at radius 1 is 1.38 bits per heavy atom. The number of unbranched alkanes of at least 4 members (excludes halogenated alkanes) is 2. The van der Waals surface area contributed by atoms with Crippen LogP contribution in [-0.2, 0) is 14.4 Å². The van der Waals surface area contributed by atoms with Gasteiger partial charge in [0.1, 0.15) is 6.04 Å². The number of aliphatic hydroxyl groups excluding tert-OH is 1. The lowest BCUT2D eigenvalue weighted by atomic mass is 9.71. The van der Waals surface area contributed by atoms with Gasteiger partial charge in [-0.1, -0.05) is 6.08 Å². The van der Waals surface area contributed by atoms with Crippen molar-refractivity contribution in [2.75, 3.05) is 19.7 Å². The first-order valence-corrected chi connectivity index (χ1v) is 11.4. The molecule has 0 aliphatic carbocycles. The van der Waals surface area contributed by atoms with E-state index < -0.39 is 28.6 Å². The second-order valence-electron chi connectivity index (χ2n) is 8.58. The van der Waals surface area contributed by atoms with Crippen molar-refractivity contribution in [1.82, 2.24) is 9.80 Å². The molecule has 3 aliphatic rings. The van der Waals surface area contributed by atoms with Gasteiger partial charge in [-0.3, -0.25) is 14.4 Å². The highest BCUT2D eigenvalue weighted by molar-refractivity contribution is 8.02. The molecule has 0 saturated carbocycles. The maximum Gasteiger partial charge on any atom is 0.308 e. The zero-order chi connectivity index (χ0) is 21.3. The lowest BCUT2D eigenvalue weighted by Gasteiger charge is -2.38. The normalized spacial score (nSPS) is 32.7. The molecular formula is C21H32N2O5S. The van der Waals surface area contributed by atoms with Crippen molar-refractivity contribution in [2.45, 2.75) is 68.0 Å². The standard InChI is InChI=1S/C21H32N2O5S/c1-4-10-22(13(2)3)19(26)17-21-9-8-14(29-21)15(20(27)28)16(21)18(25)23(17)11-6-5-7-12-24/h4,13-17,24H,1,5-12H2,2-3H3,(H,27,28)/t14-,15+,16+,17?,21?/m1/s1. The molecule has 2 unspecified atom stereocenters. The number of aliphatic hydroxyl groups is 1. The molecule has 29 heavy (non-hydrogen) atoms. The van der Waals surface area contributed by atoms with Crippen LogP contribution in [0.3, 0.4) is 0 Å². The Hall–Kier alpha value is -1.54. The number of likely N-dealkylation sites (tertiary alicyclic amines) is 1. The van der Waals surface area contributed by atoms with Gasteiger partial charge in [-0.15, -0.1) is 18.3 Å². The average molecular weight is 425 g/mol. The Morgan fingerprint density at radius 3 is 2.69 bits per heavy atom. The van der Waals surface area contributed by atoms with Crippen molar-refractivity contribution in [3.8, 4) is 0 Å². The minimum atomic E-state index is -0.928. The van der Waals surface area contributed by atoms with Crippen LogP contribution in [0.25, 0.3) is 0 Å². The Balaban J connectivity index is 1.96. The lowest BCUT2D eigenvalue weighted by molar-refractivity contribution is -0.148. The van der Waals surface area contributed by atoms with Gasteiger partial charge in [0, 0.05) is 31.0 Å². The number of hydrogen-bond donors (Lipinski definition) is 2. The minimum absolute atomic E-state index is 0.0406. The van der Waals surface area contributed by atoms with Gasteiger partial charge < -0.3 is 20.0 Å². The smallest absolute Gasteiger partial charge is 0.308 e. The van der Waals surface area contributed by atoms with Crippen molar-refractivity contribution >= 4 is 29.5 Å². The molecule has 0 aromatic carbocycles. The molecule has 3 rings (SSSR count). The molecule has 5 atom stereocenters. The summed E-state index contributed by atoms with van der Waals surface area (Å²) in [6.45, 7) is 8.57. The fourth-order valence-electron chi connectivity index (χ4n) is 5.38. The van der Waals surface area contributed by atoms with E-state index in [0.717, 1.165) is 12.8 Å². The monoisotopic (exact) mass is 424 g/mol. The van der Waals surface area contributed by atoms with Crippen molar-refractivity contribution in [3.05, 3.63) is 12.7 Å². The summed E-state index contributed by atoms with van der Waals surface area (Å²) < 4.78 is -0.646. The van der Waals surface area contributed by atoms with Crippen LogP contribution in [0.15, 0.2) is 12.7 Å². The number of carboxylic acid groups (broad SMARTS) is 1.